The maximum atomic E-state index is 10.7. The van der Waals surface area contributed by atoms with Crippen molar-refractivity contribution in [1.82, 2.24) is 4.98 Å². The van der Waals surface area contributed by atoms with Gasteiger partial charge in [0, 0.05) is 6.42 Å². The molecule has 0 spiro atoms. The molecule has 3 heteroatoms. The zero-order chi connectivity index (χ0) is 10.4. The lowest BCUT2D eigenvalue weighted by Crippen LogP contribution is -1.94. The second kappa shape index (κ2) is 5.62. The molecule has 1 aromatic rings. The zero-order valence-corrected chi connectivity index (χ0v) is 9.10. The van der Waals surface area contributed by atoms with Crippen LogP contribution in [0.3, 0.4) is 0 Å². The molecule has 1 heterocycles. The number of oxazole rings is 1. The Balaban J connectivity index is 0.000000671. The highest BCUT2D eigenvalue weighted by molar-refractivity contribution is 5.04. The first kappa shape index (κ1) is 12.0. The minimum Gasteiger partial charge on any atom is -0.413 e. The Morgan fingerprint density at radius 2 is 1.92 bits per heavy atom. The van der Waals surface area contributed by atoms with E-state index in [2.05, 4.69) is 18.8 Å². The quantitative estimate of drug-likeness (QED) is 0.769. The van der Waals surface area contributed by atoms with Crippen LogP contribution in [0.2, 0.25) is 0 Å². The number of aryl methyl sites for hydroxylation is 1. The van der Waals surface area contributed by atoms with E-state index in [1.54, 1.807) is 0 Å². The molecule has 0 saturated heterocycles. The summed E-state index contributed by atoms with van der Waals surface area (Å²) in [4.78, 5) is 13.3. The van der Waals surface area contributed by atoms with E-state index < -0.39 is 0 Å². The average molecular weight is 185 g/mol. The molecule has 1 N–H and O–H groups in total. The van der Waals surface area contributed by atoms with Gasteiger partial charge >= 0.3 is 5.76 Å². The number of H-pyrrole nitrogens is 1. The summed E-state index contributed by atoms with van der Waals surface area (Å²) in [5, 5.41) is 0. The summed E-state index contributed by atoms with van der Waals surface area (Å²) in [5.41, 5.74) is 0.851. The second-order valence-corrected chi connectivity index (χ2v) is 3.16. The first-order valence-corrected chi connectivity index (χ1v) is 4.78. The van der Waals surface area contributed by atoms with E-state index in [-0.39, 0.29) is 5.76 Å². The molecule has 1 rings (SSSR count). The summed E-state index contributed by atoms with van der Waals surface area (Å²) in [6.45, 7) is 10.0. The van der Waals surface area contributed by atoms with E-state index in [1.165, 1.54) is 0 Å². The Morgan fingerprint density at radius 3 is 2.23 bits per heavy atom. The molecule has 0 atom stereocenters. The highest BCUT2D eigenvalue weighted by Crippen LogP contribution is 2.08. The molecule has 0 bridgehead atoms. The minimum atomic E-state index is -0.349. The third-order valence-electron chi connectivity index (χ3n) is 1.52. The molecule has 0 unspecified atom stereocenters. The highest BCUT2D eigenvalue weighted by Gasteiger charge is 2.06. The van der Waals surface area contributed by atoms with Gasteiger partial charge in [-0.1, -0.05) is 27.7 Å². The summed E-state index contributed by atoms with van der Waals surface area (Å²) < 4.78 is 4.91. The average Bonchev–Trinajstić information content (AvgIpc) is 2.33. The van der Waals surface area contributed by atoms with E-state index in [0.29, 0.717) is 5.92 Å². The number of nitrogens with one attached hydrogen (secondary N) is 1. The maximum Gasteiger partial charge on any atom is 0.416 e. The molecule has 3 nitrogen and oxygen atoms in total. The molecule has 0 aliphatic carbocycles. The lowest BCUT2D eigenvalue weighted by atomic mass is 10.1. The van der Waals surface area contributed by atoms with Crippen LogP contribution in [-0.4, -0.2) is 4.98 Å². The van der Waals surface area contributed by atoms with Crippen LogP contribution in [0.15, 0.2) is 9.21 Å². The predicted octanol–water partition coefficient (Wildman–Crippen LogP) is 2.50. The zero-order valence-electron chi connectivity index (χ0n) is 9.10. The summed E-state index contributed by atoms with van der Waals surface area (Å²) in [6.07, 6.45) is 0.824. The second-order valence-electron chi connectivity index (χ2n) is 3.16. The molecule has 0 radical (unpaired) electrons. The molecule has 0 aromatic carbocycles. The van der Waals surface area contributed by atoms with Crippen molar-refractivity contribution in [3.63, 3.8) is 0 Å². The highest BCUT2D eigenvalue weighted by atomic mass is 16.4. The molecule has 76 valence electrons. The van der Waals surface area contributed by atoms with Crippen molar-refractivity contribution >= 4 is 0 Å². The van der Waals surface area contributed by atoms with Crippen molar-refractivity contribution in [3.05, 3.63) is 22.0 Å². The largest absolute Gasteiger partial charge is 0.416 e. The molecule has 0 amide bonds. The van der Waals surface area contributed by atoms with Crippen LogP contribution in [0.1, 0.15) is 39.1 Å². The predicted molar refractivity (Wildman–Crippen MR) is 54.0 cm³/mol. The number of aromatic nitrogens is 1. The van der Waals surface area contributed by atoms with E-state index in [1.807, 2.05) is 20.8 Å². The number of hydrogen-bond donors (Lipinski definition) is 1. The van der Waals surface area contributed by atoms with Crippen LogP contribution in [0.25, 0.3) is 0 Å². The first-order valence-electron chi connectivity index (χ1n) is 4.78. The number of hydrogen-bond acceptors (Lipinski definition) is 2. The topological polar surface area (TPSA) is 46.0 Å². The van der Waals surface area contributed by atoms with Gasteiger partial charge in [-0.3, -0.25) is 4.98 Å². The molecule has 0 fully saturated rings. The van der Waals surface area contributed by atoms with Gasteiger partial charge in [-0.05, 0) is 12.8 Å². The molecule has 1 aromatic heterocycles. The summed E-state index contributed by atoms with van der Waals surface area (Å²) in [7, 11) is 0. The van der Waals surface area contributed by atoms with Gasteiger partial charge in [0.05, 0.1) is 5.69 Å². The smallest absolute Gasteiger partial charge is 0.413 e. The fraction of sp³-hybridized carbons (Fsp3) is 0.700. The Hall–Kier alpha value is -0.990. The standard InChI is InChI=1S/C8H13NO2.C2H6/c1-5(2)4-7-6(3)9-8(10)11-7;1-2/h5H,4H2,1-3H3,(H,9,10);1-2H3. The molecule has 0 saturated carbocycles. The van der Waals surface area contributed by atoms with E-state index in [9.17, 15) is 4.79 Å². The van der Waals surface area contributed by atoms with Gasteiger partial charge in [-0.15, -0.1) is 0 Å². The molecular formula is C10H19NO2. The SMILES string of the molecule is CC.Cc1[nH]c(=O)oc1CC(C)C. The van der Waals surface area contributed by atoms with Gasteiger partial charge in [-0.25, -0.2) is 4.79 Å². The normalized spacial score (nSPS) is 9.69. The third-order valence-corrected chi connectivity index (χ3v) is 1.52. The van der Waals surface area contributed by atoms with Crippen LogP contribution in [0.5, 0.6) is 0 Å². The van der Waals surface area contributed by atoms with Crippen molar-refractivity contribution in [2.24, 2.45) is 5.92 Å². The lowest BCUT2D eigenvalue weighted by molar-refractivity contribution is 0.441. The van der Waals surface area contributed by atoms with E-state index in [4.69, 9.17) is 4.42 Å². The number of aromatic amines is 1. The lowest BCUT2D eigenvalue weighted by Gasteiger charge is -1.99. The molecule has 13 heavy (non-hydrogen) atoms. The fourth-order valence-corrected chi connectivity index (χ4v) is 1.00. The summed E-state index contributed by atoms with van der Waals surface area (Å²) in [6, 6.07) is 0. The van der Waals surface area contributed by atoms with Gasteiger partial charge in [0.15, 0.2) is 0 Å². The Morgan fingerprint density at radius 1 is 1.38 bits per heavy atom. The van der Waals surface area contributed by atoms with Crippen molar-refractivity contribution in [2.75, 3.05) is 0 Å². The van der Waals surface area contributed by atoms with Crippen LogP contribution >= 0.6 is 0 Å². The van der Waals surface area contributed by atoms with Crippen LogP contribution in [-0.2, 0) is 6.42 Å². The Labute approximate surface area is 79.2 Å². The van der Waals surface area contributed by atoms with Crippen LogP contribution in [0.4, 0.5) is 0 Å². The molecular weight excluding hydrogens is 166 g/mol. The molecule has 0 aliphatic rings. The summed E-state index contributed by atoms with van der Waals surface area (Å²) in [5.74, 6) is 0.954. The minimum absolute atomic E-state index is 0.349. The summed E-state index contributed by atoms with van der Waals surface area (Å²) >= 11 is 0. The van der Waals surface area contributed by atoms with Crippen molar-refractivity contribution in [1.29, 1.82) is 0 Å². The fourth-order valence-electron chi connectivity index (χ4n) is 1.00. The van der Waals surface area contributed by atoms with Gasteiger partial charge in [0.25, 0.3) is 0 Å². The van der Waals surface area contributed by atoms with E-state index in [0.717, 1.165) is 17.9 Å². The van der Waals surface area contributed by atoms with Gasteiger partial charge < -0.3 is 4.42 Å². The van der Waals surface area contributed by atoms with Crippen molar-refractivity contribution in [2.45, 2.75) is 41.0 Å². The first-order chi connectivity index (χ1) is 6.09. The monoisotopic (exact) mass is 185 g/mol. The van der Waals surface area contributed by atoms with Gasteiger partial charge in [-0.2, -0.15) is 0 Å². The van der Waals surface area contributed by atoms with Gasteiger partial charge in [0.1, 0.15) is 5.76 Å². The molecule has 0 aliphatic heterocycles. The van der Waals surface area contributed by atoms with Crippen LogP contribution in [0, 0.1) is 12.8 Å². The van der Waals surface area contributed by atoms with Crippen molar-refractivity contribution < 1.29 is 4.42 Å². The van der Waals surface area contributed by atoms with Gasteiger partial charge in [0.2, 0.25) is 0 Å². The van der Waals surface area contributed by atoms with Crippen LogP contribution < -0.4 is 5.76 Å². The maximum absolute atomic E-state index is 10.7. The van der Waals surface area contributed by atoms with E-state index >= 15 is 0 Å². The Kier molecular flexibility index (Phi) is 5.19. The third kappa shape index (κ3) is 3.97. The Bertz CT molecular complexity index is 283. The number of rotatable bonds is 2. The van der Waals surface area contributed by atoms with Crippen molar-refractivity contribution in [3.8, 4) is 0 Å².